The van der Waals surface area contributed by atoms with Gasteiger partial charge in [-0.05, 0) is 30.7 Å². The van der Waals surface area contributed by atoms with Gasteiger partial charge in [-0.3, -0.25) is 4.90 Å². The number of methoxy groups -OCH3 is 1. The number of piperidine rings is 1. The van der Waals surface area contributed by atoms with Crippen molar-refractivity contribution in [1.82, 2.24) is 19.5 Å². The molecule has 0 amide bonds. The summed E-state index contributed by atoms with van der Waals surface area (Å²) in [6.07, 6.45) is 6.02. The van der Waals surface area contributed by atoms with Crippen LogP contribution in [0.25, 0.3) is 16.6 Å². The van der Waals surface area contributed by atoms with Gasteiger partial charge in [-0.25, -0.2) is 22.7 Å². The maximum Gasteiger partial charge on any atom is 0.165 e. The molecule has 0 aliphatic carbocycles. The van der Waals surface area contributed by atoms with Crippen molar-refractivity contribution in [3.05, 3.63) is 71.7 Å². The molecule has 11 heteroatoms. The third kappa shape index (κ3) is 4.51. The fourth-order valence-corrected chi connectivity index (χ4v) is 5.62. The largest absolute Gasteiger partial charge is 0.494 e. The number of alkyl halides is 1. The number of hydrogen-bond donors (Lipinski definition) is 1. The van der Waals surface area contributed by atoms with Gasteiger partial charge in [0.15, 0.2) is 11.6 Å². The standard InChI is InChI=1S/C28H26F3N7O/c1-39-26-9-24(30)18(6-25(26)31)13-37-21-8-22(37)16-36(15-21)27-3-2-17(11-34-27)23-7-20(33-5-4-29)14-38-28(23)19(10-32)12-35-38/h2-3,6-7,9,11-12,14,21-22,33H,4-5,8,13,15-16H2,1H3. The first-order valence-corrected chi connectivity index (χ1v) is 12.7. The minimum atomic E-state index is -0.565. The minimum Gasteiger partial charge on any atom is -0.494 e. The van der Waals surface area contributed by atoms with Gasteiger partial charge in [0.1, 0.15) is 24.4 Å². The molecule has 0 radical (unpaired) electrons. The molecular weight excluding hydrogens is 507 g/mol. The Kier molecular flexibility index (Phi) is 6.48. The van der Waals surface area contributed by atoms with Crippen molar-refractivity contribution in [2.24, 2.45) is 0 Å². The predicted octanol–water partition coefficient (Wildman–Crippen LogP) is 4.40. The van der Waals surface area contributed by atoms with Gasteiger partial charge >= 0.3 is 0 Å². The Bertz CT molecular complexity index is 1550. The molecule has 3 aliphatic heterocycles. The maximum absolute atomic E-state index is 14.5. The van der Waals surface area contributed by atoms with Crippen molar-refractivity contribution < 1.29 is 17.9 Å². The predicted molar refractivity (Wildman–Crippen MR) is 140 cm³/mol. The lowest BCUT2D eigenvalue weighted by molar-refractivity contribution is -0.00954. The van der Waals surface area contributed by atoms with Gasteiger partial charge in [-0.2, -0.15) is 10.4 Å². The summed E-state index contributed by atoms with van der Waals surface area (Å²) in [6, 6.07) is 10.7. The smallest absolute Gasteiger partial charge is 0.165 e. The van der Waals surface area contributed by atoms with Crippen molar-refractivity contribution in [1.29, 1.82) is 5.26 Å². The summed E-state index contributed by atoms with van der Waals surface area (Å²) in [5.41, 5.74) is 3.70. The zero-order valence-corrected chi connectivity index (χ0v) is 21.2. The molecule has 3 aromatic heterocycles. The van der Waals surface area contributed by atoms with Crippen molar-refractivity contribution >= 4 is 17.0 Å². The highest BCUT2D eigenvalue weighted by atomic mass is 19.1. The first-order valence-electron chi connectivity index (χ1n) is 12.7. The van der Waals surface area contributed by atoms with Crippen LogP contribution in [0.1, 0.15) is 17.5 Å². The Morgan fingerprint density at radius 2 is 1.95 bits per heavy atom. The number of halogens is 3. The molecule has 2 unspecified atom stereocenters. The maximum atomic E-state index is 14.5. The van der Waals surface area contributed by atoms with Crippen LogP contribution < -0.4 is 15.0 Å². The molecule has 8 nitrogen and oxygen atoms in total. The second-order valence-electron chi connectivity index (χ2n) is 9.83. The quantitative estimate of drug-likeness (QED) is 0.360. The SMILES string of the molecule is COc1cc(F)c(CN2C3CC2CN(c2ccc(-c4cc(NCCF)cn5ncc(C#N)c45)cn2)C3)cc1F. The molecule has 1 N–H and O–H groups in total. The number of piperazine rings is 1. The molecule has 39 heavy (non-hydrogen) atoms. The van der Waals surface area contributed by atoms with Gasteiger partial charge in [0, 0.05) is 67.2 Å². The van der Waals surface area contributed by atoms with Crippen LogP contribution in [-0.2, 0) is 6.54 Å². The molecule has 2 atom stereocenters. The summed E-state index contributed by atoms with van der Waals surface area (Å²) in [5.74, 6) is -0.305. The minimum absolute atomic E-state index is 0.0960. The highest BCUT2D eigenvalue weighted by molar-refractivity contribution is 5.86. The number of benzene rings is 1. The van der Waals surface area contributed by atoms with E-state index < -0.39 is 18.3 Å². The number of fused-ring (bicyclic) bond motifs is 3. The Balaban J connectivity index is 1.19. The molecule has 4 aromatic rings. The molecule has 200 valence electrons. The van der Waals surface area contributed by atoms with Crippen LogP contribution in [0.4, 0.5) is 24.7 Å². The van der Waals surface area contributed by atoms with E-state index in [1.807, 2.05) is 18.2 Å². The number of nitriles is 1. The molecule has 2 bridgehead atoms. The van der Waals surface area contributed by atoms with Crippen molar-refractivity contribution in [2.75, 3.05) is 43.6 Å². The van der Waals surface area contributed by atoms with Gasteiger partial charge in [0.05, 0.1) is 36.3 Å². The van der Waals surface area contributed by atoms with E-state index in [2.05, 4.69) is 26.3 Å². The second kappa shape index (κ2) is 10.1. The summed E-state index contributed by atoms with van der Waals surface area (Å²) in [6.45, 7) is 1.47. The molecule has 7 rings (SSSR count). The lowest BCUT2D eigenvalue weighted by Crippen LogP contribution is -2.68. The highest BCUT2D eigenvalue weighted by Gasteiger charge is 2.45. The molecular formula is C28H26F3N7O. The van der Waals surface area contributed by atoms with Gasteiger partial charge in [-0.15, -0.1) is 0 Å². The molecule has 3 fully saturated rings. The van der Waals surface area contributed by atoms with Gasteiger partial charge in [0.25, 0.3) is 0 Å². The Labute approximate surface area is 223 Å². The number of ether oxygens (including phenoxy) is 1. The first-order chi connectivity index (χ1) is 19.0. The third-order valence-electron chi connectivity index (χ3n) is 7.56. The van der Waals surface area contributed by atoms with E-state index in [0.29, 0.717) is 28.9 Å². The van der Waals surface area contributed by atoms with Crippen LogP contribution in [-0.4, -0.2) is 65.0 Å². The average molecular weight is 534 g/mol. The Morgan fingerprint density at radius 1 is 1.13 bits per heavy atom. The molecule has 0 spiro atoms. The summed E-state index contributed by atoms with van der Waals surface area (Å²) >= 11 is 0. The zero-order chi connectivity index (χ0) is 27.1. The van der Waals surface area contributed by atoms with E-state index in [1.54, 1.807) is 16.9 Å². The van der Waals surface area contributed by atoms with Gasteiger partial charge < -0.3 is 15.0 Å². The number of pyridine rings is 2. The van der Waals surface area contributed by atoms with E-state index in [9.17, 15) is 18.4 Å². The fourth-order valence-electron chi connectivity index (χ4n) is 5.62. The fraction of sp³-hybridized carbons (Fsp3) is 0.321. The molecule has 1 aromatic carbocycles. The second-order valence-corrected chi connectivity index (χ2v) is 9.83. The lowest BCUT2D eigenvalue weighted by Gasteiger charge is -2.56. The summed E-state index contributed by atoms with van der Waals surface area (Å²) in [7, 11) is 1.32. The normalized spacial score (nSPS) is 18.6. The molecule has 3 saturated heterocycles. The van der Waals surface area contributed by atoms with Crippen LogP contribution in [0.5, 0.6) is 5.75 Å². The molecule has 0 saturated carbocycles. The Hall–Kier alpha value is -4.30. The van der Waals surface area contributed by atoms with Crippen LogP contribution in [0.15, 0.2) is 48.9 Å². The lowest BCUT2D eigenvalue weighted by atomic mass is 9.86. The summed E-state index contributed by atoms with van der Waals surface area (Å²) in [4.78, 5) is 9.14. The first kappa shape index (κ1) is 25.0. The van der Waals surface area contributed by atoms with Crippen molar-refractivity contribution in [3.8, 4) is 22.9 Å². The van der Waals surface area contributed by atoms with Crippen LogP contribution in [0, 0.1) is 23.0 Å². The molecule has 6 heterocycles. The summed E-state index contributed by atoms with van der Waals surface area (Å²) < 4.78 is 47.9. The average Bonchev–Trinajstić information content (AvgIpc) is 3.39. The van der Waals surface area contributed by atoms with E-state index in [4.69, 9.17) is 9.72 Å². The van der Waals surface area contributed by atoms with Crippen molar-refractivity contribution in [2.45, 2.75) is 25.0 Å². The zero-order valence-electron chi connectivity index (χ0n) is 21.2. The number of nitrogens with zero attached hydrogens (tertiary/aromatic N) is 6. The van der Waals surface area contributed by atoms with E-state index in [1.165, 1.54) is 19.4 Å². The number of aromatic nitrogens is 3. The van der Waals surface area contributed by atoms with Gasteiger partial charge in [-0.1, -0.05) is 0 Å². The van der Waals surface area contributed by atoms with E-state index >= 15 is 0 Å². The van der Waals surface area contributed by atoms with Crippen LogP contribution in [0.3, 0.4) is 0 Å². The number of nitrogens with one attached hydrogen (secondary N) is 1. The van der Waals surface area contributed by atoms with Crippen LogP contribution in [0.2, 0.25) is 0 Å². The Morgan fingerprint density at radius 3 is 2.64 bits per heavy atom. The monoisotopic (exact) mass is 533 g/mol. The highest BCUT2D eigenvalue weighted by Crippen LogP contribution is 2.37. The number of hydrogen-bond acceptors (Lipinski definition) is 7. The van der Waals surface area contributed by atoms with Crippen LogP contribution >= 0.6 is 0 Å². The van der Waals surface area contributed by atoms with Crippen molar-refractivity contribution in [3.63, 3.8) is 0 Å². The van der Waals surface area contributed by atoms with Gasteiger partial charge in [0.2, 0.25) is 0 Å². The third-order valence-corrected chi connectivity index (χ3v) is 7.56. The summed E-state index contributed by atoms with van der Waals surface area (Å²) in [5, 5.41) is 16.9. The van der Waals surface area contributed by atoms with E-state index in [0.717, 1.165) is 42.5 Å². The number of rotatable bonds is 8. The molecule has 3 aliphatic rings. The van der Waals surface area contributed by atoms with E-state index in [-0.39, 0.29) is 24.4 Å². The number of anilines is 2. The topological polar surface area (TPSA) is 81.7 Å².